The molecule has 9 heteroatoms. The zero-order chi connectivity index (χ0) is 22.8. The third kappa shape index (κ3) is 4.93. The zero-order valence-electron chi connectivity index (χ0n) is 17.5. The van der Waals surface area contributed by atoms with Gasteiger partial charge < -0.3 is 15.0 Å². The Balaban J connectivity index is 1.23. The van der Waals surface area contributed by atoms with Crippen LogP contribution in [0.4, 0.5) is 5.69 Å². The van der Waals surface area contributed by atoms with Crippen molar-refractivity contribution in [3.63, 3.8) is 0 Å². The van der Waals surface area contributed by atoms with Gasteiger partial charge in [-0.25, -0.2) is 4.98 Å². The van der Waals surface area contributed by atoms with E-state index >= 15 is 0 Å². The molecule has 0 saturated heterocycles. The second kappa shape index (κ2) is 9.59. The quantitative estimate of drug-likeness (QED) is 0.337. The Bertz CT molecular complexity index is 1390. The number of thiophene rings is 1. The second-order valence-corrected chi connectivity index (χ2v) is 10.2. The first-order valence-electron chi connectivity index (χ1n) is 10.5. The van der Waals surface area contributed by atoms with Gasteiger partial charge in [0.05, 0.1) is 22.6 Å². The molecule has 2 aromatic heterocycles. The minimum absolute atomic E-state index is 0.0823. The maximum Gasteiger partial charge on any atom is 0.259 e. The topological polar surface area (TPSA) is 84.1 Å². The number of para-hydroxylation sites is 1. The lowest BCUT2D eigenvalue weighted by Gasteiger charge is -2.13. The van der Waals surface area contributed by atoms with Gasteiger partial charge in [-0.15, -0.1) is 23.1 Å². The fraction of sp³-hybridized carbons (Fsp3) is 0.208. The third-order valence-electron chi connectivity index (χ3n) is 5.28. The lowest BCUT2D eigenvalue weighted by atomic mass is 10.2. The number of aromatic amines is 1. The Hall–Kier alpha value is -2.81. The normalized spacial score (nSPS) is 12.6. The number of halogens is 1. The molecular formula is C24H20ClN3O3S2. The van der Waals surface area contributed by atoms with Gasteiger partial charge in [0.2, 0.25) is 5.91 Å². The van der Waals surface area contributed by atoms with Crippen LogP contribution in [-0.2, 0) is 23.4 Å². The van der Waals surface area contributed by atoms with E-state index in [0.717, 1.165) is 35.0 Å². The predicted molar refractivity (Wildman–Crippen MR) is 135 cm³/mol. The Labute approximate surface area is 203 Å². The van der Waals surface area contributed by atoms with E-state index in [1.54, 1.807) is 29.5 Å². The van der Waals surface area contributed by atoms with Crippen LogP contribution in [0.1, 0.15) is 22.7 Å². The highest BCUT2D eigenvalue weighted by Crippen LogP contribution is 2.35. The summed E-state index contributed by atoms with van der Waals surface area (Å²) in [6.45, 7) is 0. The molecule has 33 heavy (non-hydrogen) atoms. The summed E-state index contributed by atoms with van der Waals surface area (Å²) in [6, 6.07) is 14.4. The van der Waals surface area contributed by atoms with Crippen LogP contribution >= 0.6 is 34.7 Å². The number of H-pyrrole nitrogens is 1. The van der Waals surface area contributed by atoms with Crippen LogP contribution in [0.25, 0.3) is 10.2 Å². The highest BCUT2D eigenvalue weighted by Gasteiger charge is 2.21. The smallest absolute Gasteiger partial charge is 0.259 e. The first kappa shape index (κ1) is 22.0. The summed E-state index contributed by atoms with van der Waals surface area (Å²) in [5.41, 5.74) is 1.58. The van der Waals surface area contributed by atoms with Crippen LogP contribution in [0.15, 0.2) is 53.3 Å². The van der Waals surface area contributed by atoms with Gasteiger partial charge in [-0.1, -0.05) is 29.8 Å². The number of aryl methyl sites for hydroxylation is 2. The van der Waals surface area contributed by atoms with E-state index in [4.69, 9.17) is 16.3 Å². The van der Waals surface area contributed by atoms with E-state index in [9.17, 15) is 9.59 Å². The number of benzene rings is 2. The van der Waals surface area contributed by atoms with Gasteiger partial charge in [-0.05, 0) is 55.2 Å². The van der Waals surface area contributed by atoms with Crippen LogP contribution in [0.3, 0.4) is 0 Å². The second-order valence-electron chi connectivity index (χ2n) is 7.65. The van der Waals surface area contributed by atoms with Crippen molar-refractivity contribution in [3.8, 4) is 11.5 Å². The molecule has 0 atom stereocenters. The molecule has 2 aromatic carbocycles. The number of thioether (sulfide) groups is 1. The van der Waals surface area contributed by atoms with Crippen molar-refractivity contribution in [3.05, 3.63) is 80.2 Å². The van der Waals surface area contributed by atoms with Crippen LogP contribution < -0.4 is 15.6 Å². The van der Waals surface area contributed by atoms with Crippen LogP contribution in [0.2, 0.25) is 5.02 Å². The molecule has 5 rings (SSSR count). The van der Waals surface area contributed by atoms with Gasteiger partial charge >= 0.3 is 0 Å². The molecule has 4 aromatic rings. The van der Waals surface area contributed by atoms with Crippen LogP contribution in [0.5, 0.6) is 11.5 Å². The van der Waals surface area contributed by atoms with Crippen molar-refractivity contribution < 1.29 is 9.53 Å². The lowest BCUT2D eigenvalue weighted by molar-refractivity contribution is -0.113. The highest BCUT2D eigenvalue weighted by molar-refractivity contribution is 7.99. The molecular weight excluding hydrogens is 478 g/mol. The lowest BCUT2D eigenvalue weighted by Crippen LogP contribution is -2.16. The highest BCUT2D eigenvalue weighted by atomic mass is 35.5. The largest absolute Gasteiger partial charge is 0.455 e. The standard InChI is InChI=1S/C24H20ClN3O3S2/c25-14-9-10-18(31-15-5-2-1-3-6-15)17(11-14)26-21(29)13-32-12-20-27-23(30)22-16-7-4-8-19(16)33-24(22)28-20/h1-3,5-6,9-11H,4,7-8,12-13H2,(H,26,29)(H,27,28,30). The summed E-state index contributed by atoms with van der Waals surface area (Å²) in [5, 5.41) is 4.10. The van der Waals surface area contributed by atoms with Gasteiger partial charge in [0.15, 0.2) is 5.75 Å². The summed E-state index contributed by atoms with van der Waals surface area (Å²) < 4.78 is 5.89. The van der Waals surface area contributed by atoms with E-state index in [2.05, 4.69) is 15.3 Å². The SMILES string of the molecule is O=C(CSCc1nc2sc3c(c2c(=O)[nH]1)CCC3)Nc1cc(Cl)ccc1Oc1ccccc1. The van der Waals surface area contributed by atoms with Crippen molar-refractivity contribution >= 4 is 56.5 Å². The van der Waals surface area contributed by atoms with E-state index < -0.39 is 0 Å². The molecule has 0 aliphatic heterocycles. The van der Waals surface area contributed by atoms with Crippen LogP contribution in [-0.4, -0.2) is 21.6 Å². The third-order valence-corrected chi connectivity index (χ3v) is 7.65. The Morgan fingerprint density at radius 2 is 2.06 bits per heavy atom. The van der Waals surface area contributed by atoms with Crippen molar-refractivity contribution in [1.82, 2.24) is 9.97 Å². The maximum atomic E-state index is 12.6. The minimum atomic E-state index is -0.196. The number of aromatic nitrogens is 2. The van der Waals surface area contributed by atoms with E-state index in [-0.39, 0.29) is 17.2 Å². The minimum Gasteiger partial charge on any atom is -0.455 e. The Morgan fingerprint density at radius 3 is 2.91 bits per heavy atom. The van der Waals surface area contributed by atoms with E-state index in [1.807, 2.05) is 30.3 Å². The van der Waals surface area contributed by atoms with Crippen LogP contribution in [0, 0.1) is 0 Å². The summed E-state index contributed by atoms with van der Waals surface area (Å²) in [6.07, 6.45) is 3.08. The van der Waals surface area contributed by atoms with Gasteiger partial charge in [-0.3, -0.25) is 9.59 Å². The molecule has 1 aliphatic rings. The number of carbonyl (C=O) groups is 1. The summed E-state index contributed by atoms with van der Waals surface area (Å²) in [5.74, 6) is 2.19. The number of hydrogen-bond donors (Lipinski definition) is 2. The number of rotatable bonds is 7. The summed E-state index contributed by atoms with van der Waals surface area (Å²) >= 11 is 9.12. The molecule has 0 spiro atoms. The first-order valence-corrected chi connectivity index (χ1v) is 12.9. The van der Waals surface area contributed by atoms with Crippen molar-refractivity contribution in [2.75, 3.05) is 11.1 Å². The predicted octanol–water partition coefficient (Wildman–Crippen LogP) is 5.79. The van der Waals surface area contributed by atoms with Gasteiger partial charge in [0, 0.05) is 9.90 Å². The maximum absolute atomic E-state index is 12.6. The molecule has 168 valence electrons. The fourth-order valence-electron chi connectivity index (χ4n) is 3.85. The van der Waals surface area contributed by atoms with E-state index in [1.165, 1.54) is 16.6 Å². The van der Waals surface area contributed by atoms with Gasteiger partial charge in [-0.2, -0.15) is 0 Å². The number of fused-ring (bicyclic) bond motifs is 3. The van der Waals surface area contributed by atoms with E-state index in [0.29, 0.717) is 33.8 Å². The number of ether oxygens (including phenoxy) is 1. The Kier molecular flexibility index (Phi) is 6.39. The molecule has 0 bridgehead atoms. The fourth-order valence-corrected chi connectivity index (χ4v) is 5.99. The Morgan fingerprint density at radius 1 is 1.21 bits per heavy atom. The van der Waals surface area contributed by atoms with Crippen molar-refractivity contribution in [1.29, 1.82) is 0 Å². The first-order chi connectivity index (χ1) is 16.1. The molecule has 2 heterocycles. The monoisotopic (exact) mass is 497 g/mol. The number of hydrogen-bond acceptors (Lipinski definition) is 6. The number of nitrogens with one attached hydrogen (secondary N) is 2. The molecule has 0 unspecified atom stereocenters. The molecule has 1 amide bonds. The number of nitrogens with zero attached hydrogens (tertiary/aromatic N) is 1. The van der Waals surface area contributed by atoms with Gasteiger partial charge in [0.1, 0.15) is 16.4 Å². The number of carbonyl (C=O) groups excluding carboxylic acids is 1. The van der Waals surface area contributed by atoms with Crippen molar-refractivity contribution in [2.24, 2.45) is 0 Å². The average Bonchev–Trinajstić information content (AvgIpc) is 3.37. The summed E-state index contributed by atoms with van der Waals surface area (Å²) in [7, 11) is 0. The molecule has 0 saturated carbocycles. The summed E-state index contributed by atoms with van der Waals surface area (Å²) in [4.78, 5) is 34.7. The van der Waals surface area contributed by atoms with Crippen molar-refractivity contribution in [2.45, 2.75) is 25.0 Å². The van der Waals surface area contributed by atoms with Gasteiger partial charge in [0.25, 0.3) is 5.56 Å². The number of anilines is 1. The molecule has 0 radical (unpaired) electrons. The average molecular weight is 498 g/mol. The zero-order valence-corrected chi connectivity index (χ0v) is 19.9. The molecule has 1 aliphatic carbocycles. The number of amides is 1. The molecule has 0 fully saturated rings. The molecule has 2 N–H and O–H groups in total. The molecule has 6 nitrogen and oxygen atoms in total.